The van der Waals surface area contributed by atoms with E-state index in [1.165, 1.54) is 4.52 Å². The molecule has 0 unspecified atom stereocenters. The minimum atomic E-state index is -3.95. The standard InChI is InChI=1S/C14H14BrN5O3S/c1-9-7-10(8-23-2)20-13(16-9)17-14(18-20)24(21,22)19-12-6-4-3-5-11(12)15/h3-7,19H,8H2,1-2H3. The van der Waals surface area contributed by atoms with Crippen molar-refractivity contribution in [2.45, 2.75) is 18.7 Å². The molecule has 2 aromatic heterocycles. The largest absolute Gasteiger partial charge is 0.378 e. The lowest BCUT2D eigenvalue weighted by molar-refractivity contribution is 0.179. The summed E-state index contributed by atoms with van der Waals surface area (Å²) in [6.45, 7) is 2.06. The zero-order valence-corrected chi connectivity index (χ0v) is 15.3. The summed E-state index contributed by atoms with van der Waals surface area (Å²) in [7, 11) is -2.40. The van der Waals surface area contributed by atoms with Crippen LogP contribution in [0.3, 0.4) is 0 Å². The van der Waals surface area contributed by atoms with Crippen LogP contribution in [0.4, 0.5) is 5.69 Å². The summed E-state index contributed by atoms with van der Waals surface area (Å²) in [4.78, 5) is 8.24. The first-order valence-electron chi connectivity index (χ1n) is 6.90. The van der Waals surface area contributed by atoms with Crippen LogP contribution < -0.4 is 4.72 Å². The first kappa shape index (κ1) is 16.8. The lowest BCUT2D eigenvalue weighted by Gasteiger charge is -2.06. The fourth-order valence-electron chi connectivity index (χ4n) is 2.14. The number of aromatic nitrogens is 4. The molecule has 8 nitrogen and oxygen atoms in total. The van der Waals surface area contributed by atoms with Gasteiger partial charge in [-0.2, -0.15) is 17.9 Å². The minimum absolute atomic E-state index is 0.203. The molecule has 24 heavy (non-hydrogen) atoms. The summed E-state index contributed by atoms with van der Waals surface area (Å²) in [5.74, 6) is 0.203. The third-order valence-corrected chi connectivity index (χ3v) is 4.98. The number of nitrogens with one attached hydrogen (secondary N) is 1. The monoisotopic (exact) mass is 411 g/mol. The number of anilines is 1. The molecule has 0 amide bonds. The molecule has 0 radical (unpaired) electrons. The van der Waals surface area contributed by atoms with E-state index in [9.17, 15) is 8.42 Å². The molecular formula is C14H14BrN5O3S. The first-order valence-corrected chi connectivity index (χ1v) is 9.18. The van der Waals surface area contributed by atoms with Crippen LogP contribution in [0.2, 0.25) is 0 Å². The summed E-state index contributed by atoms with van der Waals surface area (Å²) >= 11 is 3.30. The molecule has 1 aromatic carbocycles. The maximum atomic E-state index is 12.5. The van der Waals surface area contributed by atoms with Crippen LogP contribution in [0, 0.1) is 6.92 Å². The average molecular weight is 412 g/mol. The van der Waals surface area contributed by atoms with E-state index in [2.05, 4.69) is 35.7 Å². The average Bonchev–Trinajstić information content (AvgIpc) is 2.94. The summed E-state index contributed by atoms with van der Waals surface area (Å²) in [5.41, 5.74) is 1.76. The third kappa shape index (κ3) is 3.25. The van der Waals surface area contributed by atoms with Gasteiger partial charge in [0, 0.05) is 17.3 Å². The Hall–Kier alpha value is -2.04. The summed E-state index contributed by atoms with van der Waals surface area (Å²) in [6, 6.07) is 8.64. The van der Waals surface area contributed by atoms with Gasteiger partial charge in [0.15, 0.2) is 0 Å². The van der Waals surface area contributed by atoms with Gasteiger partial charge in [-0.15, -0.1) is 5.10 Å². The normalized spacial score (nSPS) is 11.8. The van der Waals surface area contributed by atoms with Crippen molar-refractivity contribution < 1.29 is 13.2 Å². The molecule has 1 N–H and O–H groups in total. The Balaban J connectivity index is 2.05. The van der Waals surface area contributed by atoms with Gasteiger partial charge in [0.25, 0.3) is 21.0 Å². The fraction of sp³-hybridized carbons (Fsp3) is 0.214. The Kier molecular flexibility index (Phi) is 4.52. The number of fused-ring (bicyclic) bond motifs is 1. The number of hydrogen-bond donors (Lipinski definition) is 1. The van der Waals surface area contributed by atoms with Gasteiger partial charge in [-0.25, -0.2) is 4.98 Å². The zero-order chi connectivity index (χ0) is 17.3. The van der Waals surface area contributed by atoms with Gasteiger partial charge in [-0.3, -0.25) is 4.72 Å². The Bertz CT molecular complexity index is 1000. The molecule has 3 aromatic rings. The van der Waals surface area contributed by atoms with E-state index in [1.54, 1.807) is 44.4 Å². The number of benzene rings is 1. The Morgan fingerprint density at radius 3 is 2.75 bits per heavy atom. The molecule has 10 heteroatoms. The highest BCUT2D eigenvalue weighted by Gasteiger charge is 2.23. The summed E-state index contributed by atoms with van der Waals surface area (Å²) in [5, 5.41) is 3.71. The topological polar surface area (TPSA) is 98.5 Å². The minimum Gasteiger partial charge on any atom is -0.378 e. The van der Waals surface area contributed by atoms with E-state index in [-0.39, 0.29) is 17.5 Å². The lowest BCUT2D eigenvalue weighted by atomic mass is 10.3. The first-order chi connectivity index (χ1) is 11.4. The van der Waals surface area contributed by atoms with Gasteiger partial charge in [-0.05, 0) is 41.1 Å². The third-order valence-electron chi connectivity index (χ3n) is 3.15. The van der Waals surface area contributed by atoms with Crippen molar-refractivity contribution in [3.63, 3.8) is 0 Å². The number of aryl methyl sites for hydroxylation is 1. The van der Waals surface area contributed by atoms with E-state index < -0.39 is 10.0 Å². The molecule has 0 aliphatic heterocycles. The highest BCUT2D eigenvalue weighted by atomic mass is 79.9. The molecule has 0 aliphatic carbocycles. The van der Waals surface area contributed by atoms with E-state index >= 15 is 0 Å². The molecule has 126 valence electrons. The molecule has 3 rings (SSSR count). The van der Waals surface area contributed by atoms with Crippen LogP contribution in [0.1, 0.15) is 11.4 Å². The van der Waals surface area contributed by atoms with E-state index in [0.717, 1.165) is 0 Å². The molecular weight excluding hydrogens is 398 g/mol. The number of sulfonamides is 1. The van der Waals surface area contributed by atoms with Crippen LogP contribution in [-0.2, 0) is 21.4 Å². The number of halogens is 1. The maximum absolute atomic E-state index is 12.5. The molecule has 0 saturated carbocycles. The Morgan fingerprint density at radius 1 is 1.29 bits per heavy atom. The molecule has 0 spiro atoms. The fourth-order valence-corrected chi connectivity index (χ4v) is 3.61. The molecule has 0 bridgehead atoms. The second-order valence-corrected chi connectivity index (χ2v) is 7.44. The van der Waals surface area contributed by atoms with Crippen molar-refractivity contribution in [3.8, 4) is 0 Å². The summed E-state index contributed by atoms with van der Waals surface area (Å²) < 4.78 is 34.6. The van der Waals surface area contributed by atoms with Gasteiger partial charge < -0.3 is 4.74 Å². The van der Waals surface area contributed by atoms with Crippen LogP contribution in [0.5, 0.6) is 0 Å². The smallest absolute Gasteiger partial charge is 0.299 e. The van der Waals surface area contributed by atoms with E-state index in [4.69, 9.17) is 4.74 Å². The number of rotatable bonds is 5. The van der Waals surface area contributed by atoms with Crippen molar-refractivity contribution in [2.75, 3.05) is 11.8 Å². The van der Waals surface area contributed by atoms with Gasteiger partial charge >= 0.3 is 0 Å². The van der Waals surface area contributed by atoms with Crippen molar-refractivity contribution >= 4 is 37.4 Å². The summed E-state index contributed by atoms with van der Waals surface area (Å²) in [6.07, 6.45) is 0. The predicted molar refractivity (Wildman–Crippen MR) is 91.2 cm³/mol. The Labute approximate surface area is 147 Å². The SMILES string of the molecule is COCc1cc(C)nc2nc(S(=O)(=O)Nc3ccccc3Br)nn12. The van der Waals surface area contributed by atoms with Crippen molar-refractivity contribution in [1.82, 2.24) is 19.6 Å². The number of methoxy groups -OCH3 is 1. The lowest BCUT2D eigenvalue weighted by Crippen LogP contribution is -2.15. The second-order valence-electron chi connectivity index (χ2n) is 5.01. The van der Waals surface area contributed by atoms with Crippen LogP contribution in [0.15, 0.2) is 40.0 Å². The quantitative estimate of drug-likeness (QED) is 0.690. The van der Waals surface area contributed by atoms with Crippen molar-refractivity contribution in [2.24, 2.45) is 0 Å². The Morgan fingerprint density at radius 2 is 2.04 bits per heavy atom. The number of nitrogens with zero attached hydrogens (tertiary/aromatic N) is 4. The number of ether oxygens (including phenoxy) is 1. The van der Waals surface area contributed by atoms with E-state index in [0.29, 0.717) is 21.5 Å². The predicted octanol–water partition coefficient (Wildman–Crippen LogP) is 2.14. The molecule has 0 aliphatic rings. The van der Waals surface area contributed by atoms with Gasteiger partial charge in [0.05, 0.1) is 18.0 Å². The van der Waals surface area contributed by atoms with Gasteiger partial charge in [-0.1, -0.05) is 12.1 Å². The zero-order valence-electron chi connectivity index (χ0n) is 12.9. The highest BCUT2D eigenvalue weighted by molar-refractivity contribution is 9.10. The van der Waals surface area contributed by atoms with E-state index in [1.807, 2.05) is 0 Å². The van der Waals surface area contributed by atoms with Gasteiger partial charge in [0.1, 0.15) is 0 Å². The molecule has 0 atom stereocenters. The molecule has 0 fully saturated rings. The van der Waals surface area contributed by atoms with Crippen LogP contribution in [0.25, 0.3) is 5.78 Å². The maximum Gasteiger partial charge on any atom is 0.299 e. The molecule has 0 saturated heterocycles. The number of para-hydroxylation sites is 1. The van der Waals surface area contributed by atoms with Gasteiger partial charge in [0.2, 0.25) is 0 Å². The van der Waals surface area contributed by atoms with Crippen LogP contribution >= 0.6 is 15.9 Å². The van der Waals surface area contributed by atoms with Crippen molar-refractivity contribution in [1.29, 1.82) is 0 Å². The second kappa shape index (κ2) is 6.46. The number of hydrogen-bond acceptors (Lipinski definition) is 6. The molecule has 2 heterocycles. The highest BCUT2D eigenvalue weighted by Crippen LogP contribution is 2.23. The van der Waals surface area contributed by atoms with Crippen molar-refractivity contribution in [3.05, 3.63) is 46.2 Å². The van der Waals surface area contributed by atoms with Crippen LogP contribution in [-0.4, -0.2) is 35.1 Å².